The van der Waals surface area contributed by atoms with Crippen molar-refractivity contribution >= 4 is 38.3 Å². The molecule has 1 rings (SSSR count). The van der Waals surface area contributed by atoms with Crippen LogP contribution in [-0.4, -0.2) is 26.1 Å². The first-order chi connectivity index (χ1) is 8.69. The summed E-state index contributed by atoms with van der Waals surface area (Å²) >= 11 is 7.01. The highest BCUT2D eigenvalue weighted by molar-refractivity contribution is 9.11. The molecule has 4 nitrogen and oxygen atoms in total. The standard InChI is InChI=1S/C12H16Br2N2O2/c13-10-6-9(2-3-15)7-11(14)12(10)18-5-1-4-16-8-17/h6-8H,1-5,15H2,(H,16,17)/p+1. The van der Waals surface area contributed by atoms with Crippen LogP contribution in [0.25, 0.3) is 0 Å². The van der Waals surface area contributed by atoms with Gasteiger partial charge in [-0.05, 0) is 56.0 Å². The molecule has 0 radical (unpaired) electrons. The van der Waals surface area contributed by atoms with Crippen LogP contribution in [0.1, 0.15) is 12.0 Å². The molecule has 0 aromatic heterocycles. The van der Waals surface area contributed by atoms with Gasteiger partial charge in [0.15, 0.2) is 0 Å². The predicted molar refractivity (Wildman–Crippen MR) is 77.5 cm³/mol. The van der Waals surface area contributed by atoms with Gasteiger partial charge >= 0.3 is 0 Å². The number of quaternary nitrogens is 1. The van der Waals surface area contributed by atoms with E-state index in [0.717, 1.165) is 34.1 Å². The molecule has 0 fully saturated rings. The van der Waals surface area contributed by atoms with Crippen LogP contribution in [0.4, 0.5) is 0 Å². The Bertz CT molecular complexity index is 377. The molecule has 0 saturated heterocycles. The number of carbonyl (C=O) groups is 1. The lowest BCUT2D eigenvalue weighted by Crippen LogP contribution is -2.51. The van der Waals surface area contributed by atoms with Crippen LogP contribution >= 0.6 is 31.9 Å². The first-order valence-corrected chi connectivity index (χ1v) is 7.34. The molecule has 0 saturated carbocycles. The Labute approximate surface area is 124 Å². The van der Waals surface area contributed by atoms with Gasteiger partial charge in [0.25, 0.3) is 0 Å². The lowest BCUT2D eigenvalue weighted by atomic mass is 10.1. The number of hydrogen-bond acceptors (Lipinski definition) is 2. The summed E-state index contributed by atoms with van der Waals surface area (Å²) in [5, 5.41) is 2.60. The van der Waals surface area contributed by atoms with E-state index in [1.54, 1.807) is 0 Å². The Kier molecular flexibility index (Phi) is 7.31. The molecule has 0 aliphatic heterocycles. The second-order valence-electron chi connectivity index (χ2n) is 3.77. The van der Waals surface area contributed by atoms with Crippen LogP contribution in [0.2, 0.25) is 0 Å². The highest BCUT2D eigenvalue weighted by Crippen LogP contribution is 2.34. The minimum atomic E-state index is 0.562. The molecule has 1 aromatic rings. The Balaban J connectivity index is 2.57. The van der Waals surface area contributed by atoms with Crippen molar-refractivity contribution in [1.82, 2.24) is 5.32 Å². The predicted octanol–water partition coefficient (Wildman–Crippen LogP) is 1.51. The van der Waals surface area contributed by atoms with Gasteiger partial charge in [0, 0.05) is 13.0 Å². The van der Waals surface area contributed by atoms with E-state index in [0.29, 0.717) is 19.6 Å². The van der Waals surface area contributed by atoms with Crippen LogP contribution in [0, 0.1) is 0 Å². The summed E-state index contributed by atoms with van der Waals surface area (Å²) in [6.07, 6.45) is 2.42. The quantitative estimate of drug-likeness (QED) is 0.530. The van der Waals surface area contributed by atoms with Gasteiger partial charge in [-0.25, -0.2) is 0 Å². The van der Waals surface area contributed by atoms with Crippen LogP contribution in [0.15, 0.2) is 21.1 Å². The topological polar surface area (TPSA) is 66.0 Å². The van der Waals surface area contributed by atoms with Crippen LogP contribution in [-0.2, 0) is 11.2 Å². The number of amides is 1. The van der Waals surface area contributed by atoms with Crippen molar-refractivity contribution in [3.63, 3.8) is 0 Å². The summed E-state index contributed by atoms with van der Waals surface area (Å²) in [7, 11) is 0. The third kappa shape index (κ3) is 4.96. The SMILES string of the molecule is [NH3+]CCc1cc(Br)c(OCCCNC=O)c(Br)c1. The second kappa shape index (κ2) is 8.50. The fourth-order valence-corrected chi connectivity index (χ4v) is 3.02. The zero-order valence-electron chi connectivity index (χ0n) is 10.0. The molecule has 0 atom stereocenters. The molecule has 0 aliphatic rings. The summed E-state index contributed by atoms with van der Waals surface area (Å²) in [5.41, 5.74) is 5.06. The lowest BCUT2D eigenvalue weighted by Gasteiger charge is -2.11. The maximum Gasteiger partial charge on any atom is 0.207 e. The van der Waals surface area contributed by atoms with Crippen molar-refractivity contribution < 1.29 is 15.3 Å². The molecule has 1 aromatic carbocycles. The average Bonchev–Trinajstić information content (AvgIpc) is 2.32. The van der Waals surface area contributed by atoms with Gasteiger partial charge < -0.3 is 15.8 Å². The second-order valence-corrected chi connectivity index (χ2v) is 5.47. The molecule has 0 spiro atoms. The van der Waals surface area contributed by atoms with E-state index in [1.165, 1.54) is 5.56 Å². The zero-order valence-corrected chi connectivity index (χ0v) is 13.2. The Morgan fingerprint density at radius 3 is 2.56 bits per heavy atom. The maximum atomic E-state index is 10.1. The Morgan fingerprint density at radius 1 is 1.33 bits per heavy atom. The smallest absolute Gasteiger partial charge is 0.207 e. The molecule has 18 heavy (non-hydrogen) atoms. The fourth-order valence-electron chi connectivity index (χ4n) is 1.51. The highest BCUT2D eigenvalue weighted by Gasteiger charge is 2.09. The normalized spacial score (nSPS) is 10.2. The number of benzene rings is 1. The van der Waals surface area contributed by atoms with Crippen molar-refractivity contribution in [3.8, 4) is 5.75 Å². The fraction of sp³-hybridized carbons (Fsp3) is 0.417. The van der Waals surface area contributed by atoms with Gasteiger partial charge in [-0.1, -0.05) is 0 Å². The highest BCUT2D eigenvalue weighted by atomic mass is 79.9. The molecule has 100 valence electrons. The van der Waals surface area contributed by atoms with Gasteiger partial charge in [0.2, 0.25) is 6.41 Å². The molecular formula is C12H17Br2N2O2+. The van der Waals surface area contributed by atoms with Gasteiger partial charge in [-0.3, -0.25) is 4.79 Å². The van der Waals surface area contributed by atoms with Crippen LogP contribution in [0.3, 0.4) is 0 Å². The summed E-state index contributed by atoms with van der Waals surface area (Å²) < 4.78 is 7.55. The minimum absolute atomic E-state index is 0.562. The molecule has 0 unspecified atom stereocenters. The van der Waals surface area contributed by atoms with Gasteiger partial charge in [0.1, 0.15) is 5.75 Å². The number of carbonyl (C=O) groups excluding carboxylic acids is 1. The molecule has 0 heterocycles. The first kappa shape index (κ1) is 15.5. The van der Waals surface area contributed by atoms with E-state index < -0.39 is 0 Å². The van der Waals surface area contributed by atoms with E-state index in [2.05, 4.69) is 55.0 Å². The number of rotatable bonds is 8. The van der Waals surface area contributed by atoms with Crippen LogP contribution in [0.5, 0.6) is 5.75 Å². The van der Waals surface area contributed by atoms with Crippen LogP contribution < -0.4 is 15.8 Å². The first-order valence-electron chi connectivity index (χ1n) is 5.76. The van der Waals surface area contributed by atoms with E-state index in [9.17, 15) is 4.79 Å². The van der Waals surface area contributed by atoms with Gasteiger partial charge in [-0.2, -0.15) is 0 Å². The molecule has 4 N–H and O–H groups in total. The van der Waals surface area contributed by atoms with E-state index in [1.807, 2.05) is 0 Å². The summed E-state index contributed by atoms with van der Waals surface area (Å²) in [6, 6.07) is 4.10. The van der Waals surface area contributed by atoms with Crippen molar-refractivity contribution in [3.05, 3.63) is 26.6 Å². The number of halogens is 2. The van der Waals surface area contributed by atoms with E-state index in [4.69, 9.17) is 4.74 Å². The number of nitrogens with one attached hydrogen (secondary N) is 1. The Morgan fingerprint density at radius 2 is 2.00 bits per heavy atom. The van der Waals surface area contributed by atoms with E-state index in [-0.39, 0.29) is 0 Å². The summed E-state index contributed by atoms with van der Waals surface area (Å²) in [4.78, 5) is 10.1. The van der Waals surface area contributed by atoms with Gasteiger partial charge in [0.05, 0.1) is 22.1 Å². The maximum absolute atomic E-state index is 10.1. The Hall–Kier alpha value is -0.590. The summed E-state index contributed by atoms with van der Waals surface area (Å²) in [6.45, 7) is 2.06. The molecule has 1 amide bonds. The molecular weight excluding hydrogens is 364 g/mol. The van der Waals surface area contributed by atoms with Crippen molar-refractivity contribution in [2.24, 2.45) is 0 Å². The monoisotopic (exact) mass is 379 g/mol. The van der Waals surface area contributed by atoms with Crippen molar-refractivity contribution in [2.45, 2.75) is 12.8 Å². The molecule has 0 aliphatic carbocycles. The number of ether oxygens (including phenoxy) is 1. The van der Waals surface area contributed by atoms with Crippen molar-refractivity contribution in [1.29, 1.82) is 0 Å². The third-order valence-electron chi connectivity index (χ3n) is 2.32. The zero-order chi connectivity index (χ0) is 13.4. The van der Waals surface area contributed by atoms with E-state index >= 15 is 0 Å². The third-order valence-corrected chi connectivity index (χ3v) is 3.50. The summed E-state index contributed by atoms with van der Waals surface area (Å²) in [5.74, 6) is 0.800. The molecule has 0 bridgehead atoms. The number of hydrogen-bond donors (Lipinski definition) is 2. The molecule has 6 heteroatoms. The van der Waals surface area contributed by atoms with Crippen molar-refractivity contribution in [2.75, 3.05) is 19.7 Å². The average molecular weight is 381 g/mol. The largest absolute Gasteiger partial charge is 0.491 e. The minimum Gasteiger partial charge on any atom is -0.491 e. The van der Waals surface area contributed by atoms with Gasteiger partial charge in [-0.15, -0.1) is 0 Å². The lowest BCUT2D eigenvalue weighted by molar-refractivity contribution is -0.366.